The monoisotopic (exact) mass is 176 g/mol. The van der Waals surface area contributed by atoms with Gasteiger partial charge in [-0.3, -0.25) is 0 Å². The lowest BCUT2D eigenvalue weighted by atomic mass is 10.1. The predicted octanol–water partition coefficient (Wildman–Crippen LogP) is 2.09. The van der Waals surface area contributed by atoms with Crippen molar-refractivity contribution in [2.24, 2.45) is 12.8 Å². The lowest BCUT2D eigenvalue weighted by Gasteiger charge is -2.13. The maximum absolute atomic E-state index is 5.84. The summed E-state index contributed by atoms with van der Waals surface area (Å²) in [6, 6.07) is 5.87. The second-order valence-electron chi connectivity index (χ2n) is 2.99. The third-order valence-electron chi connectivity index (χ3n) is 2.17. The first-order chi connectivity index (χ1) is 6.24. The molecule has 2 N–H and O–H groups in total. The van der Waals surface area contributed by atoms with Crippen molar-refractivity contribution >= 4 is 16.8 Å². The van der Waals surface area contributed by atoms with Crippen LogP contribution >= 0.6 is 0 Å². The molecule has 0 bridgehead atoms. The van der Waals surface area contributed by atoms with E-state index in [1.165, 1.54) is 0 Å². The zero-order chi connectivity index (χ0) is 9.42. The highest BCUT2D eigenvalue weighted by molar-refractivity contribution is 5.88. The Labute approximate surface area is 76.4 Å². The fraction of sp³-hybridized carbons (Fsp3) is 0.200. The Morgan fingerprint density at radius 2 is 2.31 bits per heavy atom. The predicted molar refractivity (Wildman–Crippen MR) is 53.0 cm³/mol. The molecule has 0 saturated heterocycles. The Bertz CT molecular complexity index is 462. The molecule has 1 heterocycles. The van der Waals surface area contributed by atoms with Crippen LogP contribution in [0.1, 0.15) is 12.5 Å². The van der Waals surface area contributed by atoms with Crippen LogP contribution in [0.4, 0.5) is 0 Å². The van der Waals surface area contributed by atoms with Crippen LogP contribution in [0.15, 0.2) is 28.8 Å². The smallest absolute Gasteiger partial charge is 0.182 e. The summed E-state index contributed by atoms with van der Waals surface area (Å²) >= 11 is 0. The largest absolute Gasteiger partial charge is 0.398 e. The van der Waals surface area contributed by atoms with Crippen molar-refractivity contribution in [1.29, 1.82) is 0 Å². The minimum Gasteiger partial charge on any atom is -0.398 e. The number of para-hydroxylation sites is 1. The summed E-state index contributed by atoms with van der Waals surface area (Å²) in [4.78, 5) is 0. The number of hydrogen-bond acceptors (Lipinski definition) is 2. The Morgan fingerprint density at radius 3 is 2.92 bits per heavy atom. The average molecular weight is 176 g/mol. The molecule has 0 spiro atoms. The minimum atomic E-state index is 0.784. The molecule has 3 nitrogen and oxygen atoms in total. The number of nitrogens with zero attached hydrogens (tertiary/aromatic N) is 1. The molecule has 0 atom stereocenters. The van der Waals surface area contributed by atoms with E-state index in [0.29, 0.717) is 0 Å². The highest BCUT2D eigenvalue weighted by Gasteiger charge is 2.10. The van der Waals surface area contributed by atoms with Crippen molar-refractivity contribution in [3.63, 3.8) is 0 Å². The highest BCUT2D eigenvalue weighted by atomic mass is 16.5. The molecule has 0 aliphatic rings. The van der Waals surface area contributed by atoms with Crippen LogP contribution in [-0.4, -0.2) is 4.74 Å². The van der Waals surface area contributed by atoms with Crippen LogP contribution in [-0.2, 0) is 7.05 Å². The first-order valence-corrected chi connectivity index (χ1v) is 4.21. The van der Waals surface area contributed by atoms with Crippen LogP contribution in [0.3, 0.4) is 0 Å². The number of allylic oxidation sites excluding steroid dienone is 1. The van der Waals surface area contributed by atoms with Gasteiger partial charge in [0.1, 0.15) is 5.52 Å². The van der Waals surface area contributed by atoms with Gasteiger partial charge in [-0.1, -0.05) is 18.2 Å². The Hall–Kier alpha value is -1.64. The van der Waals surface area contributed by atoms with Crippen LogP contribution in [0, 0.1) is 0 Å². The number of aromatic nitrogens is 1. The van der Waals surface area contributed by atoms with E-state index >= 15 is 0 Å². The van der Waals surface area contributed by atoms with Crippen LogP contribution < -0.4 is 5.73 Å². The third kappa shape index (κ3) is 1.04. The van der Waals surface area contributed by atoms with E-state index in [9.17, 15) is 0 Å². The fourth-order valence-corrected chi connectivity index (χ4v) is 1.46. The van der Waals surface area contributed by atoms with Crippen molar-refractivity contribution in [1.82, 2.24) is 4.74 Å². The van der Waals surface area contributed by atoms with E-state index in [-0.39, 0.29) is 0 Å². The first-order valence-electron chi connectivity index (χ1n) is 4.21. The lowest BCUT2D eigenvalue weighted by molar-refractivity contribution is 0.305. The van der Waals surface area contributed by atoms with Crippen molar-refractivity contribution in [3.8, 4) is 0 Å². The summed E-state index contributed by atoms with van der Waals surface area (Å²) < 4.78 is 6.99. The molecule has 0 aliphatic heterocycles. The molecule has 2 rings (SSSR count). The zero-order valence-electron chi connectivity index (χ0n) is 7.74. The Balaban J connectivity index is 2.69. The van der Waals surface area contributed by atoms with Gasteiger partial charge in [0.2, 0.25) is 0 Å². The molecular formula is C10H12N2O. The SMILES string of the molecule is C/C=C(\N)c1cccc2on(C)c12. The molecule has 0 fully saturated rings. The van der Waals surface area contributed by atoms with Gasteiger partial charge in [-0.15, -0.1) is 0 Å². The van der Waals surface area contributed by atoms with Crippen LogP contribution in [0.2, 0.25) is 0 Å². The fourth-order valence-electron chi connectivity index (χ4n) is 1.46. The van der Waals surface area contributed by atoms with Crippen molar-refractivity contribution < 1.29 is 4.52 Å². The number of aryl methyl sites for hydroxylation is 1. The normalized spacial score (nSPS) is 12.6. The van der Waals surface area contributed by atoms with Gasteiger partial charge in [0.25, 0.3) is 0 Å². The number of rotatable bonds is 1. The summed E-state index contributed by atoms with van der Waals surface area (Å²) in [6.07, 6.45) is 1.89. The molecule has 0 saturated carbocycles. The molecule has 3 heteroatoms. The highest BCUT2D eigenvalue weighted by Crippen LogP contribution is 2.24. The molecule has 1 aromatic carbocycles. The van der Waals surface area contributed by atoms with Gasteiger partial charge in [0.05, 0.1) is 0 Å². The summed E-state index contributed by atoms with van der Waals surface area (Å²) in [7, 11) is 1.87. The van der Waals surface area contributed by atoms with Gasteiger partial charge in [-0.2, -0.15) is 0 Å². The third-order valence-corrected chi connectivity index (χ3v) is 2.17. The summed E-state index contributed by atoms with van der Waals surface area (Å²) in [5.41, 5.74) is 9.62. The standard InChI is InChI=1S/C10H12N2O/c1-3-8(11)7-5-4-6-9-10(7)12(2)13-9/h3-6H,11H2,1-2H3/b8-3-. The van der Waals surface area contributed by atoms with E-state index < -0.39 is 0 Å². The van der Waals surface area contributed by atoms with Gasteiger partial charge in [0.15, 0.2) is 5.58 Å². The number of nitrogens with two attached hydrogens (primary N) is 1. The van der Waals surface area contributed by atoms with Gasteiger partial charge in [0, 0.05) is 18.3 Å². The van der Waals surface area contributed by atoms with Crippen molar-refractivity contribution in [3.05, 3.63) is 29.8 Å². The van der Waals surface area contributed by atoms with E-state index in [1.807, 2.05) is 38.2 Å². The molecule has 0 unspecified atom stereocenters. The summed E-state index contributed by atoms with van der Waals surface area (Å²) in [5, 5.41) is 0. The number of benzene rings is 1. The van der Waals surface area contributed by atoms with E-state index in [4.69, 9.17) is 10.3 Å². The van der Waals surface area contributed by atoms with Gasteiger partial charge >= 0.3 is 0 Å². The molecule has 0 aliphatic carbocycles. The zero-order valence-corrected chi connectivity index (χ0v) is 7.74. The molecule has 68 valence electrons. The van der Waals surface area contributed by atoms with Crippen LogP contribution in [0.5, 0.6) is 0 Å². The molecule has 0 amide bonds. The number of fused-ring (bicyclic) bond motifs is 1. The topological polar surface area (TPSA) is 44.1 Å². The summed E-state index contributed by atoms with van der Waals surface area (Å²) in [6.45, 7) is 1.92. The second-order valence-corrected chi connectivity index (χ2v) is 2.99. The van der Waals surface area contributed by atoms with Gasteiger partial charge < -0.3 is 10.3 Å². The van der Waals surface area contributed by atoms with Crippen LogP contribution in [0.25, 0.3) is 16.8 Å². The molecule has 1 aromatic heterocycles. The van der Waals surface area contributed by atoms with E-state index in [2.05, 4.69) is 0 Å². The van der Waals surface area contributed by atoms with Gasteiger partial charge in [-0.05, 0) is 13.0 Å². The van der Waals surface area contributed by atoms with E-state index in [1.54, 1.807) is 4.74 Å². The Kier molecular flexibility index (Phi) is 1.65. The summed E-state index contributed by atoms with van der Waals surface area (Å²) in [5.74, 6) is 0. The quantitative estimate of drug-likeness (QED) is 0.723. The lowest BCUT2D eigenvalue weighted by Crippen LogP contribution is -2.05. The van der Waals surface area contributed by atoms with Gasteiger partial charge in [-0.25, -0.2) is 4.74 Å². The van der Waals surface area contributed by atoms with E-state index in [0.717, 1.165) is 22.4 Å². The molecular weight excluding hydrogens is 164 g/mol. The molecule has 0 radical (unpaired) electrons. The average Bonchev–Trinajstić information content (AvgIpc) is 2.14. The maximum atomic E-state index is 5.84. The maximum Gasteiger partial charge on any atom is 0.182 e. The Morgan fingerprint density at radius 1 is 1.54 bits per heavy atom. The van der Waals surface area contributed by atoms with Crippen molar-refractivity contribution in [2.75, 3.05) is 0 Å². The minimum absolute atomic E-state index is 0.784. The number of hydrogen-bond donors (Lipinski definition) is 1. The molecule has 2 aromatic rings. The molecule has 13 heavy (non-hydrogen) atoms. The second kappa shape index (κ2) is 2.69. The first kappa shape index (κ1) is 7.98. The van der Waals surface area contributed by atoms with Crippen molar-refractivity contribution in [2.45, 2.75) is 6.92 Å².